The molecule has 5 heterocycles. The number of aliphatic hydroxyl groups excluding tert-OH is 1. The lowest BCUT2D eigenvalue weighted by Crippen LogP contribution is -2.37. The smallest absolute Gasteiger partial charge is 0.411 e. The first-order chi connectivity index (χ1) is 20.2. The summed E-state index contributed by atoms with van der Waals surface area (Å²) in [5, 5.41) is 17.3. The van der Waals surface area contributed by atoms with E-state index in [9.17, 15) is 4.79 Å². The lowest BCUT2D eigenvalue weighted by molar-refractivity contribution is 0.122. The van der Waals surface area contributed by atoms with Gasteiger partial charge in [-0.15, -0.1) is 0 Å². The Bertz CT molecular complexity index is 1450. The summed E-state index contributed by atoms with van der Waals surface area (Å²) in [5.41, 5.74) is 3.47. The van der Waals surface area contributed by atoms with Crippen molar-refractivity contribution >= 4 is 28.6 Å². The Balaban J connectivity index is 1.26. The summed E-state index contributed by atoms with van der Waals surface area (Å²) in [4.78, 5) is 30.8. The Morgan fingerprint density at radius 3 is 2.59 bits per heavy atom. The summed E-state index contributed by atoms with van der Waals surface area (Å²) < 4.78 is 12.6. The fourth-order valence-corrected chi connectivity index (χ4v) is 5.39. The van der Waals surface area contributed by atoms with E-state index < -0.39 is 6.09 Å². The third kappa shape index (κ3) is 6.29. The van der Waals surface area contributed by atoms with Crippen molar-refractivity contribution in [2.45, 2.75) is 25.4 Å². The van der Waals surface area contributed by atoms with Gasteiger partial charge in [0.05, 0.1) is 37.4 Å². The highest BCUT2D eigenvalue weighted by Gasteiger charge is 2.26. The number of ether oxygens (including phenoxy) is 2. The first kappa shape index (κ1) is 27.1. The van der Waals surface area contributed by atoms with E-state index in [2.05, 4.69) is 30.8 Å². The molecule has 0 atom stereocenters. The number of carbonyl (C=O) groups excluding carboxylic acids is 1. The van der Waals surface area contributed by atoms with Crippen LogP contribution in [0.25, 0.3) is 22.4 Å². The number of likely N-dealkylation sites (tertiary alicyclic amines) is 1. The zero-order valence-electron chi connectivity index (χ0n) is 22.9. The highest BCUT2D eigenvalue weighted by atomic mass is 16.6. The number of hydrogen-bond donors (Lipinski definition) is 2. The van der Waals surface area contributed by atoms with Crippen LogP contribution in [-0.2, 0) is 16.0 Å². The van der Waals surface area contributed by atoms with Crippen molar-refractivity contribution in [3.63, 3.8) is 0 Å². The summed E-state index contributed by atoms with van der Waals surface area (Å²) in [6, 6.07) is 11.7. The van der Waals surface area contributed by atoms with Crippen LogP contribution < -0.4 is 10.2 Å². The highest BCUT2D eigenvalue weighted by Crippen LogP contribution is 2.32. The number of nitrogens with one attached hydrogen (secondary N) is 1. The van der Waals surface area contributed by atoms with Crippen LogP contribution in [-0.4, -0.2) is 93.4 Å². The molecule has 2 aliphatic heterocycles. The third-order valence-corrected chi connectivity index (χ3v) is 7.49. The van der Waals surface area contributed by atoms with E-state index in [0.717, 1.165) is 68.0 Å². The lowest BCUT2D eigenvalue weighted by atomic mass is 10.0. The molecule has 2 saturated heterocycles. The number of hydrogen-bond acceptors (Lipinski definition) is 10. The van der Waals surface area contributed by atoms with Crippen LogP contribution in [0.15, 0.2) is 55.0 Å². The minimum atomic E-state index is -0.616. The predicted molar refractivity (Wildman–Crippen MR) is 154 cm³/mol. The van der Waals surface area contributed by atoms with Gasteiger partial charge in [-0.2, -0.15) is 5.10 Å². The predicted octanol–water partition coefficient (Wildman–Crippen LogP) is 3.10. The largest absolute Gasteiger partial charge is 0.447 e. The van der Waals surface area contributed by atoms with E-state index in [1.165, 1.54) is 5.56 Å². The monoisotopic (exact) mass is 558 g/mol. The number of anilines is 2. The van der Waals surface area contributed by atoms with Gasteiger partial charge >= 0.3 is 6.09 Å². The number of carbonyl (C=O) groups is 1. The van der Waals surface area contributed by atoms with Gasteiger partial charge < -0.3 is 19.5 Å². The standard InChI is InChI=1S/C29H34N8O4/c38-14-17-41-29(39)32-23-5-3-22(4-6-23)26-33-27(36-12-15-40-16-13-36)25-19-31-37(28(25)34-26)24-7-10-35(11-8-24)20-21-2-1-9-30-18-21/h1-6,9,18-19,24,38H,7-8,10-17,20H2,(H,32,39). The van der Waals surface area contributed by atoms with Crippen LogP contribution >= 0.6 is 0 Å². The van der Waals surface area contributed by atoms with E-state index in [4.69, 9.17) is 29.6 Å². The van der Waals surface area contributed by atoms with Crippen molar-refractivity contribution in [2.24, 2.45) is 0 Å². The van der Waals surface area contributed by atoms with Crippen molar-refractivity contribution in [3.8, 4) is 11.4 Å². The van der Waals surface area contributed by atoms with Gasteiger partial charge in [0.1, 0.15) is 12.4 Å². The Hall–Kier alpha value is -4.13. The molecule has 1 aromatic carbocycles. The molecule has 4 aromatic rings. The second-order valence-electron chi connectivity index (χ2n) is 10.2. The van der Waals surface area contributed by atoms with Gasteiger partial charge in [0.2, 0.25) is 0 Å². The molecule has 1 amide bonds. The van der Waals surface area contributed by atoms with Crippen LogP contribution in [0.2, 0.25) is 0 Å². The number of morpholine rings is 1. The maximum Gasteiger partial charge on any atom is 0.411 e. The Kier molecular flexibility index (Phi) is 8.31. The Labute approximate surface area is 237 Å². The average molecular weight is 559 g/mol. The molecule has 12 nitrogen and oxygen atoms in total. The molecule has 0 unspecified atom stereocenters. The number of fused-ring (bicyclic) bond motifs is 1. The molecular formula is C29H34N8O4. The number of piperidine rings is 1. The lowest BCUT2D eigenvalue weighted by Gasteiger charge is -2.32. The van der Waals surface area contributed by atoms with Gasteiger partial charge in [-0.05, 0) is 48.7 Å². The summed E-state index contributed by atoms with van der Waals surface area (Å²) in [6.45, 7) is 5.38. The van der Waals surface area contributed by atoms with Gasteiger partial charge in [0.25, 0.3) is 0 Å². The molecule has 2 fully saturated rings. The van der Waals surface area contributed by atoms with Gasteiger partial charge in [-0.3, -0.25) is 15.2 Å². The van der Waals surface area contributed by atoms with Crippen molar-refractivity contribution in [1.29, 1.82) is 0 Å². The molecule has 0 radical (unpaired) electrons. The van der Waals surface area contributed by atoms with Crippen LogP contribution in [0.3, 0.4) is 0 Å². The number of amides is 1. The second-order valence-corrected chi connectivity index (χ2v) is 10.2. The summed E-state index contributed by atoms with van der Waals surface area (Å²) in [5.74, 6) is 1.47. The SMILES string of the molecule is O=C(Nc1ccc(-c2nc(N3CCOCC3)c3cnn(C4CCN(Cc5cccnc5)CC4)c3n2)cc1)OCCO. The van der Waals surface area contributed by atoms with E-state index in [-0.39, 0.29) is 19.3 Å². The summed E-state index contributed by atoms with van der Waals surface area (Å²) in [6.07, 6.45) is 6.99. The van der Waals surface area contributed by atoms with Crippen molar-refractivity contribution < 1.29 is 19.4 Å². The van der Waals surface area contributed by atoms with E-state index in [1.807, 2.05) is 36.8 Å². The van der Waals surface area contributed by atoms with Gasteiger partial charge in [-0.25, -0.2) is 19.4 Å². The van der Waals surface area contributed by atoms with Crippen molar-refractivity contribution in [3.05, 3.63) is 60.6 Å². The molecule has 214 valence electrons. The first-order valence-electron chi connectivity index (χ1n) is 14.0. The molecule has 12 heteroatoms. The molecule has 3 aromatic heterocycles. The molecule has 0 aliphatic carbocycles. The minimum Gasteiger partial charge on any atom is -0.447 e. The normalized spacial score (nSPS) is 16.7. The molecule has 2 aliphatic rings. The van der Waals surface area contributed by atoms with E-state index in [1.54, 1.807) is 12.1 Å². The molecule has 2 N–H and O–H groups in total. The fraction of sp³-hybridized carbons (Fsp3) is 0.414. The van der Waals surface area contributed by atoms with Crippen LogP contribution in [0, 0.1) is 0 Å². The zero-order chi connectivity index (χ0) is 28.0. The van der Waals surface area contributed by atoms with Crippen molar-refractivity contribution in [1.82, 2.24) is 29.6 Å². The van der Waals surface area contributed by atoms with Crippen LogP contribution in [0.5, 0.6) is 0 Å². The highest BCUT2D eigenvalue weighted by molar-refractivity contribution is 5.89. The quantitative estimate of drug-likeness (QED) is 0.333. The molecule has 6 rings (SSSR count). The topological polar surface area (TPSA) is 131 Å². The van der Waals surface area contributed by atoms with Crippen LogP contribution in [0.4, 0.5) is 16.3 Å². The molecule has 0 spiro atoms. The van der Waals surface area contributed by atoms with Crippen LogP contribution in [0.1, 0.15) is 24.4 Å². The Morgan fingerprint density at radius 2 is 1.85 bits per heavy atom. The maximum absolute atomic E-state index is 11.9. The molecule has 0 saturated carbocycles. The minimum absolute atomic E-state index is 0.0562. The number of aromatic nitrogens is 5. The maximum atomic E-state index is 11.9. The zero-order valence-corrected chi connectivity index (χ0v) is 22.9. The molecular weight excluding hydrogens is 524 g/mol. The van der Waals surface area contributed by atoms with Crippen molar-refractivity contribution in [2.75, 3.05) is 62.8 Å². The average Bonchev–Trinajstić information content (AvgIpc) is 3.45. The first-order valence-corrected chi connectivity index (χ1v) is 14.0. The molecule has 41 heavy (non-hydrogen) atoms. The number of aliphatic hydroxyl groups is 1. The molecule has 0 bridgehead atoms. The fourth-order valence-electron chi connectivity index (χ4n) is 5.39. The Morgan fingerprint density at radius 1 is 1.05 bits per heavy atom. The van der Waals surface area contributed by atoms with E-state index in [0.29, 0.717) is 24.7 Å². The second kappa shape index (κ2) is 12.6. The summed E-state index contributed by atoms with van der Waals surface area (Å²) in [7, 11) is 0. The van der Waals surface area contributed by atoms with Gasteiger partial charge in [-0.1, -0.05) is 6.07 Å². The number of pyridine rings is 1. The van der Waals surface area contributed by atoms with E-state index >= 15 is 0 Å². The summed E-state index contributed by atoms with van der Waals surface area (Å²) >= 11 is 0. The third-order valence-electron chi connectivity index (χ3n) is 7.49. The number of benzene rings is 1. The van der Waals surface area contributed by atoms with Gasteiger partial charge in [0.15, 0.2) is 11.5 Å². The van der Waals surface area contributed by atoms with Gasteiger partial charge in [0, 0.05) is 56.4 Å². The number of nitrogens with zero attached hydrogens (tertiary/aromatic N) is 7. The number of rotatable bonds is 8.